The summed E-state index contributed by atoms with van der Waals surface area (Å²) in [5.41, 5.74) is 5.10. The predicted octanol–water partition coefficient (Wildman–Crippen LogP) is 0.0421. The average Bonchev–Trinajstić information content (AvgIpc) is 2.17. The Bertz CT molecular complexity index is 316. The molecular weight excluding hydrogens is 182 g/mol. The molecule has 0 aromatic heterocycles. The number of hydrogen-bond donors (Lipinski definition) is 2. The van der Waals surface area contributed by atoms with Crippen molar-refractivity contribution in [3.63, 3.8) is 0 Å². The number of carbonyl (C=O) groups excluding carboxylic acids is 2. The van der Waals surface area contributed by atoms with Crippen LogP contribution in [0.1, 0.15) is 26.7 Å². The quantitative estimate of drug-likeness (QED) is 0.615. The number of amides is 3. The summed E-state index contributed by atoms with van der Waals surface area (Å²) in [4.78, 5) is 22.9. The van der Waals surface area contributed by atoms with Gasteiger partial charge in [-0.2, -0.15) is 0 Å². The number of urea groups is 1. The molecule has 0 unspecified atom stereocenters. The van der Waals surface area contributed by atoms with Crippen molar-refractivity contribution in [2.75, 3.05) is 7.05 Å². The molecule has 0 saturated carbocycles. The minimum Gasteiger partial charge on any atom is -0.321 e. The van der Waals surface area contributed by atoms with E-state index in [0.717, 1.165) is 0 Å². The maximum atomic E-state index is 11.7. The molecule has 14 heavy (non-hydrogen) atoms. The lowest BCUT2D eigenvalue weighted by Crippen LogP contribution is -2.60. The Kier molecular flexibility index (Phi) is 2.59. The van der Waals surface area contributed by atoms with E-state index in [2.05, 4.69) is 5.32 Å². The van der Waals surface area contributed by atoms with E-state index in [1.807, 2.05) is 13.8 Å². The third kappa shape index (κ3) is 1.20. The molecule has 0 aromatic carbocycles. The van der Waals surface area contributed by atoms with Gasteiger partial charge in [-0.3, -0.25) is 4.79 Å². The first-order valence-electron chi connectivity index (χ1n) is 4.71. The van der Waals surface area contributed by atoms with Gasteiger partial charge in [-0.1, -0.05) is 13.8 Å². The van der Waals surface area contributed by atoms with E-state index in [1.165, 1.54) is 4.58 Å². The van der Waals surface area contributed by atoms with Crippen LogP contribution in [0.2, 0.25) is 0 Å². The van der Waals surface area contributed by atoms with Gasteiger partial charge in [0.05, 0.1) is 7.05 Å². The summed E-state index contributed by atoms with van der Waals surface area (Å²) in [6.07, 6.45) is 1.19. The monoisotopic (exact) mass is 198 g/mol. The number of nitrogens with zero attached hydrogens (tertiary/aromatic N) is 1. The molecule has 0 aromatic rings. The van der Waals surface area contributed by atoms with Crippen molar-refractivity contribution in [3.8, 4) is 0 Å². The molecule has 1 aliphatic heterocycles. The highest BCUT2D eigenvalue weighted by Gasteiger charge is 2.49. The van der Waals surface area contributed by atoms with Gasteiger partial charge >= 0.3 is 6.03 Å². The van der Waals surface area contributed by atoms with Gasteiger partial charge in [0.15, 0.2) is 0 Å². The summed E-state index contributed by atoms with van der Waals surface area (Å²) in [6, 6.07) is -0.454. The third-order valence-electron chi connectivity index (χ3n) is 3.02. The molecule has 0 saturated heterocycles. The van der Waals surface area contributed by atoms with E-state index >= 15 is 0 Å². The first kappa shape index (κ1) is 10.7. The molecule has 1 aliphatic rings. The molecule has 1 heterocycles. The van der Waals surface area contributed by atoms with Gasteiger partial charge in [-0.15, -0.1) is 0 Å². The summed E-state index contributed by atoms with van der Waals surface area (Å²) in [5.74, 6) is 0.0550. The molecule has 0 atom stereocenters. The molecule has 0 fully saturated rings. The Labute approximate surface area is 83.0 Å². The summed E-state index contributed by atoms with van der Waals surface area (Å²) in [7, 11) is 1.57. The van der Waals surface area contributed by atoms with Crippen LogP contribution >= 0.6 is 0 Å². The van der Waals surface area contributed by atoms with E-state index in [0.29, 0.717) is 18.7 Å². The first-order chi connectivity index (χ1) is 6.49. The molecule has 3 amide bonds. The van der Waals surface area contributed by atoms with Gasteiger partial charge in [0, 0.05) is 0 Å². The van der Waals surface area contributed by atoms with E-state index in [9.17, 15) is 9.59 Å². The lowest BCUT2D eigenvalue weighted by atomic mass is 9.79. The second-order valence-corrected chi connectivity index (χ2v) is 3.49. The smallest absolute Gasteiger partial charge is 0.321 e. The highest BCUT2D eigenvalue weighted by molar-refractivity contribution is 6.12. The van der Waals surface area contributed by atoms with Crippen LogP contribution in [0.3, 0.4) is 0 Å². The molecule has 0 bridgehead atoms. The lowest BCUT2D eigenvalue weighted by molar-refractivity contribution is -0.402. The van der Waals surface area contributed by atoms with Gasteiger partial charge in [-0.05, 0) is 12.8 Å². The minimum atomic E-state index is -0.720. The number of imide groups is 1. The lowest BCUT2D eigenvalue weighted by Gasteiger charge is -2.29. The molecule has 0 spiro atoms. The fourth-order valence-corrected chi connectivity index (χ4v) is 1.78. The van der Waals surface area contributed by atoms with Gasteiger partial charge in [0.1, 0.15) is 5.41 Å². The zero-order valence-corrected chi connectivity index (χ0v) is 8.76. The minimum absolute atomic E-state index is 0.289. The highest BCUT2D eigenvalue weighted by Crippen LogP contribution is 2.28. The maximum Gasteiger partial charge on any atom is 0.443 e. The predicted molar refractivity (Wildman–Crippen MR) is 51.9 cm³/mol. The number of hydrogen-bond acceptors (Lipinski definition) is 3. The number of carbonyl (C=O) groups is 2. The van der Waals surface area contributed by atoms with Crippen LogP contribution < -0.4 is 11.1 Å². The largest absolute Gasteiger partial charge is 0.443 e. The van der Waals surface area contributed by atoms with Crippen molar-refractivity contribution < 1.29 is 14.2 Å². The van der Waals surface area contributed by atoms with E-state index in [4.69, 9.17) is 5.73 Å². The summed E-state index contributed by atoms with van der Waals surface area (Å²) < 4.78 is 1.30. The van der Waals surface area contributed by atoms with Gasteiger partial charge in [-0.25, -0.2) is 14.7 Å². The van der Waals surface area contributed by atoms with Gasteiger partial charge in [0.25, 0.3) is 5.91 Å². The first-order valence-corrected chi connectivity index (χ1v) is 4.71. The standard InChI is InChI=1S/C9H15N3O2/c1-4-9(5-2)6(10)12(3)8(14)11-7(9)13/h10H,4-5H2,1-3H3,(H,11,13,14)/p+1. The van der Waals surface area contributed by atoms with Crippen LogP contribution in [-0.4, -0.2) is 29.4 Å². The van der Waals surface area contributed by atoms with Crippen LogP contribution in [0.4, 0.5) is 4.79 Å². The van der Waals surface area contributed by atoms with Crippen molar-refractivity contribution in [2.24, 2.45) is 11.1 Å². The number of amidine groups is 1. The molecule has 5 heteroatoms. The Balaban J connectivity index is 3.30. The second kappa shape index (κ2) is 3.40. The van der Waals surface area contributed by atoms with Crippen molar-refractivity contribution in [2.45, 2.75) is 26.7 Å². The van der Waals surface area contributed by atoms with Crippen LogP contribution in [0.5, 0.6) is 0 Å². The maximum absolute atomic E-state index is 11.7. The van der Waals surface area contributed by atoms with Gasteiger partial charge < -0.3 is 5.73 Å². The number of rotatable bonds is 2. The summed E-state index contributed by atoms with van der Waals surface area (Å²) in [5, 5.41) is 2.30. The molecule has 5 nitrogen and oxygen atoms in total. The van der Waals surface area contributed by atoms with Crippen LogP contribution in [0, 0.1) is 5.41 Å². The average molecular weight is 198 g/mol. The number of nitrogens with two attached hydrogens (primary N) is 1. The van der Waals surface area contributed by atoms with Crippen LogP contribution in [-0.2, 0) is 4.79 Å². The Morgan fingerprint density at radius 2 is 1.86 bits per heavy atom. The van der Waals surface area contributed by atoms with E-state index in [-0.39, 0.29) is 5.91 Å². The highest BCUT2D eigenvalue weighted by atomic mass is 16.2. The third-order valence-corrected chi connectivity index (χ3v) is 3.02. The molecular formula is C9H16N3O2+. The SMILES string of the molecule is CCC1(CC)C(=O)NC(=O)[N+](C)=C1N. The van der Waals surface area contributed by atoms with Crippen molar-refractivity contribution in [1.29, 1.82) is 0 Å². The fraction of sp³-hybridized carbons (Fsp3) is 0.667. The van der Waals surface area contributed by atoms with Crippen molar-refractivity contribution in [1.82, 2.24) is 5.32 Å². The van der Waals surface area contributed by atoms with Gasteiger partial charge in [0.2, 0.25) is 5.84 Å². The second-order valence-electron chi connectivity index (χ2n) is 3.49. The van der Waals surface area contributed by atoms with Crippen molar-refractivity contribution in [3.05, 3.63) is 0 Å². The number of nitrogens with one attached hydrogen (secondary N) is 1. The van der Waals surface area contributed by atoms with Crippen LogP contribution in [0.15, 0.2) is 0 Å². The Hall–Kier alpha value is -1.39. The zero-order chi connectivity index (χ0) is 10.9. The topological polar surface area (TPSA) is 75.2 Å². The fourth-order valence-electron chi connectivity index (χ4n) is 1.78. The van der Waals surface area contributed by atoms with Crippen molar-refractivity contribution >= 4 is 17.8 Å². The Morgan fingerprint density at radius 3 is 2.29 bits per heavy atom. The summed E-state index contributed by atoms with van der Waals surface area (Å²) in [6.45, 7) is 3.78. The normalized spacial score (nSPS) is 21.1. The zero-order valence-electron chi connectivity index (χ0n) is 8.76. The summed E-state index contributed by atoms with van der Waals surface area (Å²) >= 11 is 0. The Morgan fingerprint density at radius 1 is 1.36 bits per heavy atom. The van der Waals surface area contributed by atoms with E-state index < -0.39 is 11.4 Å². The molecule has 0 radical (unpaired) electrons. The molecule has 1 rings (SSSR count). The molecule has 3 N–H and O–H groups in total. The van der Waals surface area contributed by atoms with E-state index in [1.54, 1.807) is 7.05 Å². The molecule has 0 aliphatic carbocycles. The molecule has 78 valence electrons. The van der Waals surface area contributed by atoms with Crippen LogP contribution in [0.25, 0.3) is 0 Å².